The lowest BCUT2D eigenvalue weighted by Gasteiger charge is -2.35. The third-order valence-electron chi connectivity index (χ3n) is 3.29. The molecule has 3 rings (SSSR count). The summed E-state index contributed by atoms with van der Waals surface area (Å²) in [6.45, 7) is 0. The second-order valence-corrected chi connectivity index (χ2v) is 4.29. The SMILES string of the molecule is CN1C=CC=C2c3nc(N)ncc3CCC21. The Balaban J connectivity index is 2.14. The lowest BCUT2D eigenvalue weighted by Crippen LogP contribution is -2.34. The number of nitrogens with two attached hydrogens (primary N) is 1. The van der Waals surface area contributed by atoms with Gasteiger partial charge in [0.15, 0.2) is 0 Å². The fourth-order valence-electron chi connectivity index (χ4n) is 2.46. The average Bonchev–Trinajstić information content (AvgIpc) is 2.29. The third kappa shape index (κ3) is 1.30. The molecule has 0 bridgehead atoms. The van der Waals surface area contributed by atoms with Gasteiger partial charge in [0.05, 0.1) is 11.7 Å². The molecule has 1 unspecified atom stereocenters. The van der Waals surface area contributed by atoms with Crippen LogP contribution < -0.4 is 5.73 Å². The van der Waals surface area contributed by atoms with Gasteiger partial charge >= 0.3 is 0 Å². The largest absolute Gasteiger partial charge is 0.373 e. The molecule has 0 saturated carbocycles. The Kier molecular flexibility index (Phi) is 1.96. The monoisotopic (exact) mass is 214 g/mol. The molecule has 0 spiro atoms. The van der Waals surface area contributed by atoms with Crippen molar-refractivity contribution >= 4 is 11.5 Å². The highest BCUT2D eigenvalue weighted by atomic mass is 15.1. The van der Waals surface area contributed by atoms with Crippen LogP contribution in [0.2, 0.25) is 0 Å². The molecule has 0 saturated heterocycles. The Morgan fingerprint density at radius 1 is 1.50 bits per heavy atom. The summed E-state index contributed by atoms with van der Waals surface area (Å²) in [6, 6.07) is 0.437. The van der Waals surface area contributed by atoms with Crippen molar-refractivity contribution < 1.29 is 0 Å². The van der Waals surface area contributed by atoms with E-state index >= 15 is 0 Å². The van der Waals surface area contributed by atoms with Gasteiger partial charge in [-0.1, -0.05) is 6.08 Å². The van der Waals surface area contributed by atoms with Crippen LogP contribution >= 0.6 is 0 Å². The van der Waals surface area contributed by atoms with Crippen LogP contribution in [-0.4, -0.2) is 28.0 Å². The van der Waals surface area contributed by atoms with Crippen molar-refractivity contribution in [2.45, 2.75) is 18.9 Å². The minimum absolute atomic E-state index is 0.359. The van der Waals surface area contributed by atoms with Crippen molar-refractivity contribution in [3.63, 3.8) is 0 Å². The molecule has 4 heteroatoms. The molecule has 1 aliphatic heterocycles. The Bertz CT molecular complexity index is 490. The number of anilines is 1. The van der Waals surface area contributed by atoms with E-state index < -0.39 is 0 Å². The number of fused-ring (bicyclic) bond motifs is 3. The van der Waals surface area contributed by atoms with Crippen molar-refractivity contribution in [2.75, 3.05) is 12.8 Å². The van der Waals surface area contributed by atoms with Crippen molar-refractivity contribution in [3.8, 4) is 0 Å². The normalized spacial score (nSPS) is 22.4. The molecule has 2 heterocycles. The number of nitrogens with zero attached hydrogens (tertiary/aromatic N) is 3. The van der Waals surface area contributed by atoms with E-state index in [0.717, 1.165) is 18.5 Å². The number of likely N-dealkylation sites (N-methyl/N-ethyl adjacent to an activating group) is 1. The number of nitrogen functional groups attached to an aromatic ring is 1. The van der Waals surface area contributed by atoms with Crippen LogP contribution in [0.1, 0.15) is 17.7 Å². The maximum absolute atomic E-state index is 5.66. The first kappa shape index (κ1) is 9.39. The van der Waals surface area contributed by atoms with Crippen LogP contribution in [0, 0.1) is 0 Å². The zero-order valence-corrected chi connectivity index (χ0v) is 9.22. The zero-order chi connectivity index (χ0) is 11.1. The number of hydrogen-bond acceptors (Lipinski definition) is 4. The van der Waals surface area contributed by atoms with Crippen LogP contribution in [0.15, 0.2) is 24.5 Å². The smallest absolute Gasteiger partial charge is 0.220 e. The van der Waals surface area contributed by atoms with E-state index in [1.54, 1.807) is 0 Å². The molecule has 0 amide bonds. The maximum Gasteiger partial charge on any atom is 0.220 e. The van der Waals surface area contributed by atoms with Gasteiger partial charge in [0.1, 0.15) is 0 Å². The fourth-order valence-corrected chi connectivity index (χ4v) is 2.46. The van der Waals surface area contributed by atoms with E-state index in [-0.39, 0.29) is 0 Å². The quantitative estimate of drug-likeness (QED) is 0.705. The lowest BCUT2D eigenvalue weighted by molar-refractivity contribution is 0.365. The number of hydrogen-bond donors (Lipinski definition) is 1. The molecule has 1 atom stereocenters. The molecule has 16 heavy (non-hydrogen) atoms. The summed E-state index contributed by atoms with van der Waals surface area (Å²) in [5.41, 5.74) is 9.16. The maximum atomic E-state index is 5.66. The van der Waals surface area contributed by atoms with E-state index in [1.807, 2.05) is 6.20 Å². The second kappa shape index (κ2) is 3.33. The van der Waals surface area contributed by atoms with E-state index in [2.05, 4.69) is 40.3 Å². The van der Waals surface area contributed by atoms with Gasteiger partial charge in [-0.2, -0.15) is 0 Å². The van der Waals surface area contributed by atoms with Crippen LogP contribution in [0.4, 0.5) is 5.95 Å². The summed E-state index contributed by atoms with van der Waals surface area (Å²) in [5, 5.41) is 0. The molecule has 1 aromatic heterocycles. The van der Waals surface area contributed by atoms with E-state index in [9.17, 15) is 0 Å². The highest BCUT2D eigenvalue weighted by Gasteiger charge is 2.28. The first-order valence-corrected chi connectivity index (χ1v) is 5.48. The predicted molar refractivity (Wildman–Crippen MR) is 63.4 cm³/mol. The molecule has 2 N–H and O–H groups in total. The fraction of sp³-hybridized carbons (Fsp3) is 0.333. The summed E-state index contributed by atoms with van der Waals surface area (Å²) < 4.78 is 0. The number of aryl methyl sites for hydroxylation is 1. The topological polar surface area (TPSA) is 55.0 Å². The first-order chi connectivity index (χ1) is 7.75. The number of aromatic nitrogens is 2. The van der Waals surface area contributed by atoms with Gasteiger partial charge in [-0.15, -0.1) is 0 Å². The van der Waals surface area contributed by atoms with E-state index in [1.165, 1.54) is 11.1 Å². The summed E-state index contributed by atoms with van der Waals surface area (Å²) in [7, 11) is 2.10. The Hall–Kier alpha value is -1.84. The van der Waals surface area contributed by atoms with Crippen LogP contribution in [0.3, 0.4) is 0 Å². The third-order valence-corrected chi connectivity index (χ3v) is 3.29. The van der Waals surface area contributed by atoms with Gasteiger partial charge in [0.2, 0.25) is 5.95 Å². The van der Waals surface area contributed by atoms with E-state index in [4.69, 9.17) is 5.73 Å². The molecule has 2 aliphatic rings. The van der Waals surface area contributed by atoms with Crippen LogP contribution in [0.5, 0.6) is 0 Å². The predicted octanol–water partition coefficient (Wildman–Crippen LogP) is 1.22. The standard InChI is InChI=1S/C12H14N4/c1-16-6-2-3-9-10(16)5-4-8-7-14-12(13)15-11(8)9/h2-3,6-7,10H,4-5H2,1H3,(H2,13,14,15). The molecule has 1 aromatic rings. The average molecular weight is 214 g/mol. The van der Waals surface area contributed by atoms with Crippen molar-refractivity contribution in [2.24, 2.45) is 0 Å². The molecule has 82 valence electrons. The van der Waals surface area contributed by atoms with Crippen LogP contribution in [-0.2, 0) is 6.42 Å². The molecular weight excluding hydrogens is 200 g/mol. The van der Waals surface area contributed by atoms with E-state index in [0.29, 0.717) is 12.0 Å². The van der Waals surface area contributed by atoms with Gasteiger partial charge in [-0.25, -0.2) is 9.97 Å². The molecule has 1 aliphatic carbocycles. The van der Waals surface area contributed by atoms with Gasteiger partial charge in [0, 0.05) is 18.8 Å². The summed E-state index contributed by atoms with van der Waals surface area (Å²) >= 11 is 0. The van der Waals surface area contributed by atoms with Gasteiger partial charge < -0.3 is 10.6 Å². The first-order valence-electron chi connectivity index (χ1n) is 5.48. The van der Waals surface area contributed by atoms with Crippen molar-refractivity contribution in [1.82, 2.24) is 14.9 Å². The molecule has 0 radical (unpaired) electrons. The molecular formula is C12H14N4. The molecule has 4 nitrogen and oxygen atoms in total. The minimum Gasteiger partial charge on any atom is -0.373 e. The van der Waals surface area contributed by atoms with Crippen molar-refractivity contribution in [3.05, 3.63) is 35.8 Å². The molecule has 0 fully saturated rings. The summed E-state index contributed by atoms with van der Waals surface area (Å²) in [6.07, 6.45) is 10.3. The second-order valence-electron chi connectivity index (χ2n) is 4.29. The van der Waals surface area contributed by atoms with Crippen molar-refractivity contribution in [1.29, 1.82) is 0 Å². The van der Waals surface area contributed by atoms with Gasteiger partial charge in [-0.3, -0.25) is 0 Å². The minimum atomic E-state index is 0.359. The Morgan fingerprint density at radius 3 is 3.25 bits per heavy atom. The highest BCUT2D eigenvalue weighted by Crippen LogP contribution is 2.34. The van der Waals surface area contributed by atoms with Crippen LogP contribution in [0.25, 0.3) is 5.57 Å². The summed E-state index contributed by atoms with van der Waals surface area (Å²) in [4.78, 5) is 10.7. The Morgan fingerprint density at radius 2 is 2.38 bits per heavy atom. The highest BCUT2D eigenvalue weighted by molar-refractivity contribution is 5.73. The number of allylic oxidation sites excluding steroid dienone is 2. The zero-order valence-electron chi connectivity index (χ0n) is 9.22. The van der Waals surface area contributed by atoms with Gasteiger partial charge in [0.25, 0.3) is 0 Å². The van der Waals surface area contributed by atoms with Gasteiger partial charge in [-0.05, 0) is 30.7 Å². The molecule has 0 aromatic carbocycles. The lowest BCUT2D eigenvalue weighted by atomic mass is 9.86. The number of rotatable bonds is 0. The summed E-state index contributed by atoms with van der Waals surface area (Å²) in [5.74, 6) is 0.359. The Labute approximate surface area is 94.5 Å².